The quantitative estimate of drug-likeness (QED) is 0.684. The normalized spacial score (nSPS) is 15.8. The first kappa shape index (κ1) is 20.6. The molecule has 3 rings (SSSR count). The van der Waals surface area contributed by atoms with E-state index in [9.17, 15) is 26.4 Å². The van der Waals surface area contributed by atoms with Gasteiger partial charge in [-0.05, 0) is 48.5 Å². The van der Waals surface area contributed by atoms with Gasteiger partial charge < -0.3 is 0 Å². The van der Waals surface area contributed by atoms with E-state index in [1.165, 1.54) is 48.5 Å². The van der Waals surface area contributed by atoms with E-state index in [0.717, 1.165) is 0 Å². The van der Waals surface area contributed by atoms with E-state index in [1.54, 1.807) is 0 Å². The summed E-state index contributed by atoms with van der Waals surface area (Å²) in [6.45, 7) is -1.87. The van der Waals surface area contributed by atoms with E-state index < -0.39 is 45.0 Å². The molecule has 28 heavy (non-hydrogen) atoms. The molecule has 1 saturated heterocycles. The van der Waals surface area contributed by atoms with Gasteiger partial charge in [-0.1, -0.05) is 23.2 Å². The molecule has 0 N–H and O–H groups in total. The van der Waals surface area contributed by atoms with Crippen molar-refractivity contribution in [2.45, 2.75) is 9.79 Å². The minimum atomic E-state index is -4.33. The number of hydrogen-bond donors (Lipinski definition) is 0. The Hall–Kier alpha value is -2.14. The Bertz CT molecular complexity index is 1050. The van der Waals surface area contributed by atoms with E-state index in [4.69, 9.17) is 23.2 Å². The van der Waals surface area contributed by atoms with Crippen LogP contribution in [0.2, 0.25) is 10.0 Å². The molecule has 0 atom stereocenters. The molecule has 2 aromatic rings. The Morgan fingerprint density at radius 1 is 0.607 bits per heavy atom. The molecular formula is C16H12Cl2N2O6S2. The van der Waals surface area contributed by atoms with Crippen LogP contribution in [0, 0.1) is 0 Å². The molecule has 12 heteroatoms. The highest BCUT2D eigenvalue weighted by Gasteiger charge is 2.42. The molecule has 1 aliphatic heterocycles. The van der Waals surface area contributed by atoms with Gasteiger partial charge in [-0.3, -0.25) is 9.59 Å². The van der Waals surface area contributed by atoms with E-state index >= 15 is 0 Å². The van der Waals surface area contributed by atoms with E-state index in [-0.39, 0.29) is 9.79 Å². The van der Waals surface area contributed by atoms with Crippen LogP contribution < -0.4 is 0 Å². The molecule has 0 aliphatic carbocycles. The Labute approximate surface area is 171 Å². The maximum absolute atomic E-state index is 12.6. The van der Waals surface area contributed by atoms with Crippen LogP contribution in [-0.2, 0) is 29.6 Å². The topological polar surface area (TPSA) is 109 Å². The number of rotatable bonds is 4. The van der Waals surface area contributed by atoms with Crippen molar-refractivity contribution >= 4 is 55.1 Å². The molecular weight excluding hydrogens is 451 g/mol. The number of hydrogen-bond acceptors (Lipinski definition) is 6. The van der Waals surface area contributed by atoms with Crippen molar-refractivity contribution in [3.63, 3.8) is 0 Å². The van der Waals surface area contributed by atoms with Gasteiger partial charge in [0.15, 0.2) is 0 Å². The summed E-state index contributed by atoms with van der Waals surface area (Å²) in [6, 6.07) is 10.0. The molecule has 148 valence electrons. The van der Waals surface area contributed by atoms with Crippen molar-refractivity contribution in [3.8, 4) is 0 Å². The van der Waals surface area contributed by atoms with Gasteiger partial charge in [0.1, 0.15) is 13.1 Å². The highest BCUT2D eigenvalue weighted by Crippen LogP contribution is 2.24. The van der Waals surface area contributed by atoms with Crippen molar-refractivity contribution in [1.29, 1.82) is 0 Å². The molecule has 0 saturated carbocycles. The Morgan fingerprint density at radius 2 is 0.893 bits per heavy atom. The number of amides is 2. The summed E-state index contributed by atoms with van der Waals surface area (Å²) in [7, 11) is -8.67. The maximum atomic E-state index is 12.6. The zero-order valence-corrected chi connectivity index (χ0v) is 17.1. The van der Waals surface area contributed by atoms with E-state index in [1.807, 2.05) is 0 Å². The Balaban J connectivity index is 1.90. The molecule has 1 aliphatic rings. The fourth-order valence-electron chi connectivity index (χ4n) is 2.49. The van der Waals surface area contributed by atoms with Crippen LogP contribution in [0.25, 0.3) is 0 Å². The number of sulfonamides is 2. The highest BCUT2D eigenvalue weighted by molar-refractivity contribution is 7.90. The predicted octanol–water partition coefficient (Wildman–Crippen LogP) is 1.74. The SMILES string of the molecule is O=C1CN(S(=O)(=O)c2ccc(Cl)cc2)C(=O)CN1S(=O)(=O)c1ccc(Cl)cc1. The highest BCUT2D eigenvalue weighted by atomic mass is 35.5. The second-order valence-electron chi connectivity index (χ2n) is 5.72. The standard InChI is InChI=1S/C16H12Cl2N2O6S2/c17-11-1-5-13(6-2-11)27(23,24)19-9-16(22)20(10-15(19)21)28(25,26)14-7-3-12(18)4-8-14/h1-8H,9-10H2. The first-order valence-corrected chi connectivity index (χ1v) is 11.3. The average Bonchev–Trinajstić information content (AvgIpc) is 2.63. The minimum Gasteiger partial charge on any atom is -0.272 e. The summed E-state index contributed by atoms with van der Waals surface area (Å²) >= 11 is 11.5. The minimum absolute atomic E-state index is 0.243. The van der Waals surface area contributed by atoms with Crippen LogP contribution in [0.5, 0.6) is 0 Å². The van der Waals surface area contributed by atoms with Crippen molar-refractivity contribution in [3.05, 3.63) is 58.6 Å². The summed E-state index contributed by atoms with van der Waals surface area (Å²) in [5, 5.41) is 0.584. The first-order valence-electron chi connectivity index (χ1n) is 7.66. The third-order valence-electron chi connectivity index (χ3n) is 3.92. The Kier molecular flexibility index (Phi) is 5.41. The fourth-order valence-corrected chi connectivity index (χ4v) is 5.42. The summed E-state index contributed by atoms with van der Waals surface area (Å²) < 4.78 is 51.3. The van der Waals surface area contributed by atoms with Gasteiger partial charge >= 0.3 is 0 Å². The number of benzene rings is 2. The molecule has 0 spiro atoms. The molecule has 0 radical (unpaired) electrons. The number of halogens is 2. The van der Waals surface area contributed by atoms with Gasteiger partial charge in [-0.2, -0.15) is 0 Å². The number of carbonyl (C=O) groups excluding carboxylic acids is 2. The van der Waals surface area contributed by atoms with Crippen molar-refractivity contribution in [2.75, 3.05) is 13.1 Å². The van der Waals surface area contributed by atoms with Crippen molar-refractivity contribution in [1.82, 2.24) is 8.61 Å². The van der Waals surface area contributed by atoms with Gasteiger partial charge in [0.05, 0.1) is 9.79 Å². The molecule has 0 bridgehead atoms. The monoisotopic (exact) mass is 462 g/mol. The maximum Gasteiger partial charge on any atom is 0.267 e. The van der Waals surface area contributed by atoms with Gasteiger partial charge in [0, 0.05) is 10.0 Å². The molecule has 2 aromatic carbocycles. The largest absolute Gasteiger partial charge is 0.272 e. The Morgan fingerprint density at radius 3 is 1.18 bits per heavy atom. The lowest BCUT2D eigenvalue weighted by Crippen LogP contribution is -2.56. The molecule has 0 aromatic heterocycles. The van der Waals surface area contributed by atoms with E-state index in [0.29, 0.717) is 18.7 Å². The molecule has 2 amide bonds. The van der Waals surface area contributed by atoms with Crippen LogP contribution in [-0.4, -0.2) is 50.3 Å². The van der Waals surface area contributed by atoms with Crippen LogP contribution in [0.15, 0.2) is 58.3 Å². The summed E-state index contributed by atoms with van der Waals surface area (Å²) in [6.07, 6.45) is 0. The fraction of sp³-hybridized carbons (Fsp3) is 0.125. The first-order chi connectivity index (χ1) is 13.0. The smallest absolute Gasteiger partial charge is 0.267 e. The second kappa shape index (κ2) is 7.36. The van der Waals surface area contributed by atoms with Crippen molar-refractivity contribution in [2.24, 2.45) is 0 Å². The zero-order valence-electron chi connectivity index (χ0n) is 13.9. The summed E-state index contributed by atoms with van der Waals surface area (Å²) in [4.78, 5) is 24.3. The molecule has 1 fully saturated rings. The van der Waals surface area contributed by atoms with Gasteiger partial charge in [-0.25, -0.2) is 25.4 Å². The summed E-state index contributed by atoms with van der Waals surface area (Å²) in [5.74, 6) is -2.10. The third kappa shape index (κ3) is 3.72. The second-order valence-corrected chi connectivity index (χ2v) is 10.3. The number of piperazine rings is 1. The van der Waals surface area contributed by atoms with Crippen molar-refractivity contribution < 1.29 is 26.4 Å². The number of carbonyl (C=O) groups is 2. The van der Waals surface area contributed by atoms with Crippen LogP contribution in [0.1, 0.15) is 0 Å². The van der Waals surface area contributed by atoms with Gasteiger partial charge in [0.2, 0.25) is 0 Å². The lowest BCUT2D eigenvalue weighted by molar-refractivity contribution is -0.141. The number of nitrogens with zero attached hydrogens (tertiary/aromatic N) is 2. The average molecular weight is 463 g/mol. The molecule has 0 unspecified atom stereocenters. The van der Waals surface area contributed by atoms with Crippen LogP contribution in [0.4, 0.5) is 0 Å². The third-order valence-corrected chi connectivity index (χ3v) is 7.98. The van der Waals surface area contributed by atoms with Crippen LogP contribution >= 0.6 is 23.2 Å². The van der Waals surface area contributed by atoms with E-state index in [2.05, 4.69) is 0 Å². The lowest BCUT2D eigenvalue weighted by Gasteiger charge is -2.32. The summed E-state index contributed by atoms with van der Waals surface area (Å²) in [5.41, 5.74) is 0. The molecule has 1 heterocycles. The van der Waals surface area contributed by atoms with Crippen LogP contribution in [0.3, 0.4) is 0 Å². The predicted molar refractivity (Wildman–Crippen MR) is 101 cm³/mol. The molecule has 8 nitrogen and oxygen atoms in total. The van der Waals surface area contributed by atoms with Gasteiger partial charge in [0.25, 0.3) is 31.9 Å². The zero-order chi connectivity index (χ0) is 20.7. The van der Waals surface area contributed by atoms with Gasteiger partial charge in [-0.15, -0.1) is 0 Å². The lowest BCUT2D eigenvalue weighted by atomic mass is 10.4.